The lowest BCUT2D eigenvalue weighted by atomic mass is 9.76. The molecule has 4 aromatic rings. The van der Waals surface area contributed by atoms with Gasteiger partial charge >= 0.3 is 0 Å². The van der Waals surface area contributed by atoms with Crippen LogP contribution in [-0.2, 0) is 21.4 Å². The number of piperazine rings is 1. The summed E-state index contributed by atoms with van der Waals surface area (Å²) in [4.78, 5) is 45.1. The number of aromatic nitrogens is 1. The summed E-state index contributed by atoms with van der Waals surface area (Å²) in [6, 6.07) is 9.74. The van der Waals surface area contributed by atoms with Crippen molar-refractivity contribution in [1.29, 1.82) is 0 Å². The summed E-state index contributed by atoms with van der Waals surface area (Å²) in [6.07, 6.45) is 7.66. The Labute approximate surface area is 282 Å². The molecule has 1 aromatic heterocycles. The summed E-state index contributed by atoms with van der Waals surface area (Å²) in [5.74, 6) is -3.12. The van der Waals surface area contributed by atoms with Gasteiger partial charge in [-0.3, -0.25) is 14.4 Å². The quantitative estimate of drug-likeness (QED) is 0.101. The SMILES string of the molecule is C=CC(C)(C)c1[nH]c2ccc(CC=C(C)C)cc2c1/C=C1\NC(=O)C2(C=C3c4cc(O)cc(O)c4C(=O)c4c(O)cc(C)c(c43)O2)NC1=O. The van der Waals surface area contributed by atoms with E-state index in [4.69, 9.17) is 4.74 Å². The Kier molecular flexibility index (Phi) is 6.92. The number of ketones is 1. The van der Waals surface area contributed by atoms with Crippen molar-refractivity contribution in [1.82, 2.24) is 15.6 Å². The summed E-state index contributed by atoms with van der Waals surface area (Å²) >= 11 is 0. The van der Waals surface area contributed by atoms with Crippen LogP contribution in [0.3, 0.4) is 0 Å². The van der Waals surface area contributed by atoms with Crippen molar-refractivity contribution >= 4 is 40.1 Å². The zero-order valence-corrected chi connectivity index (χ0v) is 27.7. The Morgan fingerprint density at radius 2 is 1.73 bits per heavy atom. The Morgan fingerprint density at radius 3 is 2.45 bits per heavy atom. The number of hydrogen-bond acceptors (Lipinski definition) is 7. The van der Waals surface area contributed by atoms with Crippen LogP contribution in [0.2, 0.25) is 0 Å². The topological polar surface area (TPSA) is 161 Å². The second kappa shape index (κ2) is 10.7. The lowest BCUT2D eigenvalue weighted by Crippen LogP contribution is -2.67. The first kappa shape index (κ1) is 31.6. The molecule has 0 bridgehead atoms. The second-order valence-corrected chi connectivity index (χ2v) is 13.6. The number of carbonyl (C=O) groups excluding carboxylic acids is 3. The number of rotatable bonds is 5. The minimum absolute atomic E-state index is 0.0160. The maximum Gasteiger partial charge on any atom is 0.294 e. The van der Waals surface area contributed by atoms with Gasteiger partial charge in [-0.15, -0.1) is 6.58 Å². The van der Waals surface area contributed by atoms with Crippen molar-refractivity contribution in [3.05, 3.63) is 117 Å². The Morgan fingerprint density at radius 1 is 1.00 bits per heavy atom. The molecule has 3 heterocycles. The predicted molar refractivity (Wildman–Crippen MR) is 185 cm³/mol. The van der Waals surface area contributed by atoms with Crippen LogP contribution in [0.1, 0.15) is 77.1 Å². The van der Waals surface area contributed by atoms with Crippen molar-refractivity contribution in [2.75, 3.05) is 0 Å². The van der Waals surface area contributed by atoms with Gasteiger partial charge in [0.15, 0.2) is 0 Å². The van der Waals surface area contributed by atoms with Gasteiger partial charge in [-0.05, 0) is 80.3 Å². The van der Waals surface area contributed by atoms with E-state index >= 15 is 0 Å². The molecule has 7 rings (SSSR count). The number of hydrogen-bond donors (Lipinski definition) is 6. The van der Waals surface area contributed by atoms with E-state index in [0.29, 0.717) is 5.56 Å². The van der Waals surface area contributed by atoms with E-state index in [-0.39, 0.29) is 50.8 Å². The number of ether oxygens (including phenoxy) is 1. The molecule has 1 saturated heterocycles. The van der Waals surface area contributed by atoms with Gasteiger partial charge in [0, 0.05) is 44.8 Å². The predicted octanol–water partition coefficient (Wildman–Crippen LogP) is 5.92. The molecule has 1 atom stereocenters. The highest BCUT2D eigenvalue weighted by atomic mass is 16.5. The van der Waals surface area contributed by atoms with Gasteiger partial charge in [0.2, 0.25) is 5.78 Å². The molecule has 10 nitrogen and oxygen atoms in total. The number of benzene rings is 3. The number of fused-ring (bicyclic) bond motifs is 3. The first-order valence-corrected chi connectivity index (χ1v) is 15.8. The molecule has 2 amide bonds. The van der Waals surface area contributed by atoms with Gasteiger partial charge in [-0.1, -0.05) is 37.6 Å². The molecule has 2 aliphatic heterocycles. The summed E-state index contributed by atoms with van der Waals surface area (Å²) in [5.41, 5.74) is 2.68. The zero-order chi connectivity index (χ0) is 35.2. The van der Waals surface area contributed by atoms with E-state index in [1.165, 1.54) is 23.8 Å². The second-order valence-electron chi connectivity index (χ2n) is 13.6. The average Bonchev–Trinajstić information content (AvgIpc) is 3.40. The number of aryl methyl sites for hydroxylation is 1. The zero-order valence-electron chi connectivity index (χ0n) is 27.7. The van der Waals surface area contributed by atoms with Crippen LogP contribution >= 0.6 is 0 Å². The third-order valence-corrected chi connectivity index (χ3v) is 9.39. The fourth-order valence-electron chi connectivity index (χ4n) is 6.72. The molecule has 248 valence electrons. The normalized spacial score (nSPS) is 18.8. The maximum absolute atomic E-state index is 14.1. The third kappa shape index (κ3) is 4.82. The van der Waals surface area contributed by atoms with Gasteiger partial charge < -0.3 is 35.7 Å². The van der Waals surface area contributed by atoms with Crippen molar-refractivity contribution in [3.63, 3.8) is 0 Å². The molecule has 10 heteroatoms. The summed E-state index contributed by atoms with van der Waals surface area (Å²) in [7, 11) is 0. The molecule has 49 heavy (non-hydrogen) atoms. The molecule has 0 saturated carbocycles. The Hall–Kier alpha value is -6.03. The number of aromatic hydroxyl groups is 3. The van der Waals surface area contributed by atoms with Crippen LogP contribution in [0.4, 0.5) is 0 Å². The lowest BCUT2D eigenvalue weighted by molar-refractivity contribution is -0.144. The highest BCUT2D eigenvalue weighted by Gasteiger charge is 2.51. The van der Waals surface area contributed by atoms with Gasteiger partial charge in [-0.2, -0.15) is 0 Å². The maximum atomic E-state index is 14.1. The number of nitrogens with one attached hydrogen (secondary N) is 3. The average molecular weight is 658 g/mol. The van der Waals surface area contributed by atoms with E-state index in [0.717, 1.165) is 40.2 Å². The molecule has 3 aliphatic rings. The molecule has 1 aliphatic carbocycles. The minimum atomic E-state index is -2.07. The number of aromatic amines is 1. The Bertz CT molecular complexity index is 2300. The largest absolute Gasteiger partial charge is 0.508 e. The smallest absolute Gasteiger partial charge is 0.294 e. The van der Waals surface area contributed by atoms with E-state index in [9.17, 15) is 29.7 Å². The monoisotopic (exact) mass is 657 g/mol. The molecular formula is C39H35N3O7. The van der Waals surface area contributed by atoms with Crippen LogP contribution in [0.5, 0.6) is 23.0 Å². The van der Waals surface area contributed by atoms with E-state index < -0.39 is 34.5 Å². The van der Waals surface area contributed by atoms with Crippen LogP contribution < -0.4 is 15.4 Å². The molecular weight excluding hydrogens is 622 g/mol. The molecule has 3 aromatic carbocycles. The van der Waals surface area contributed by atoms with Gasteiger partial charge in [0.25, 0.3) is 17.5 Å². The van der Waals surface area contributed by atoms with E-state index in [2.05, 4.69) is 34.3 Å². The number of amides is 2. The van der Waals surface area contributed by atoms with E-state index in [1.807, 2.05) is 45.9 Å². The molecule has 1 unspecified atom stereocenters. The standard InChI is InChI=1S/C39H35N3O7/c1-7-38(5,6)35-24(22-13-20(9-8-18(2)3)10-11-26(22)40-35)16-27-36(47)42-39(37(48)41-27)17-25-23-14-21(43)15-29(45)30(23)33(46)32-28(44)12-19(4)34(49-39)31(25)32/h7-8,10-17,40,43-45H,1,9H2,2-6H3,(H,41,48)(H,42,47)/b27-16-. The van der Waals surface area contributed by atoms with Gasteiger partial charge in [-0.25, -0.2) is 0 Å². The molecule has 1 spiro atoms. The van der Waals surface area contributed by atoms with Crippen molar-refractivity contribution in [2.45, 2.75) is 52.2 Å². The number of phenolic OH excluding ortho intramolecular Hbond substituents is 3. The van der Waals surface area contributed by atoms with E-state index in [1.54, 1.807) is 13.0 Å². The third-order valence-electron chi connectivity index (χ3n) is 9.39. The first-order chi connectivity index (χ1) is 23.1. The number of carbonyl (C=O) groups is 3. The summed E-state index contributed by atoms with van der Waals surface area (Å²) < 4.78 is 6.25. The van der Waals surface area contributed by atoms with Gasteiger partial charge in [0.1, 0.15) is 28.7 Å². The highest BCUT2D eigenvalue weighted by molar-refractivity contribution is 6.23. The van der Waals surface area contributed by atoms with Crippen LogP contribution in [0.15, 0.2) is 72.5 Å². The van der Waals surface area contributed by atoms with Crippen molar-refractivity contribution in [3.8, 4) is 23.0 Å². The fraction of sp³-hybridized carbons (Fsp3) is 0.205. The molecule has 1 fully saturated rings. The van der Waals surface area contributed by atoms with Crippen molar-refractivity contribution < 1.29 is 34.4 Å². The van der Waals surface area contributed by atoms with Crippen molar-refractivity contribution in [2.24, 2.45) is 0 Å². The number of allylic oxidation sites excluding steroid dienone is 3. The van der Waals surface area contributed by atoms with Crippen LogP contribution in [0, 0.1) is 6.92 Å². The molecule has 0 radical (unpaired) electrons. The summed E-state index contributed by atoms with van der Waals surface area (Å²) in [6.45, 7) is 13.7. The lowest BCUT2D eigenvalue weighted by Gasteiger charge is -2.41. The van der Waals surface area contributed by atoms with Crippen LogP contribution in [-0.4, -0.2) is 43.6 Å². The minimum Gasteiger partial charge on any atom is -0.508 e. The number of phenols is 3. The Balaban J connectivity index is 1.36. The summed E-state index contributed by atoms with van der Waals surface area (Å²) in [5, 5.41) is 38.2. The molecule has 6 N–H and O–H groups in total. The first-order valence-electron chi connectivity index (χ1n) is 15.8. The highest BCUT2D eigenvalue weighted by Crippen LogP contribution is 2.52. The number of H-pyrrole nitrogens is 1. The van der Waals surface area contributed by atoms with Gasteiger partial charge in [0.05, 0.1) is 11.1 Å². The van der Waals surface area contributed by atoms with Crippen LogP contribution in [0.25, 0.3) is 22.6 Å². The fourth-order valence-corrected chi connectivity index (χ4v) is 6.72.